The van der Waals surface area contributed by atoms with Gasteiger partial charge < -0.3 is 10.1 Å². The molecule has 7 heteroatoms. The number of carbonyl (C=O) groups is 1. The summed E-state index contributed by atoms with van der Waals surface area (Å²) in [4.78, 5) is 16.9. The molecule has 0 unspecified atom stereocenters. The second-order valence-corrected chi connectivity index (χ2v) is 6.94. The minimum atomic E-state index is -0.325. The van der Waals surface area contributed by atoms with Crippen molar-refractivity contribution < 1.29 is 13.9 Å². The summed E-state index contributed by atoms with van der Waals surface area (Å²) >= 11 is 0. The molecule has 31 heavy (non-hydrogen) atoms. The first-order valence-corrected chi connectivity index (χ1v) is 9.88. The lowest BCUT2D eigenvalue weighted by molar-refractivity contribution is 0.102. The Morgan fingerprint density at radius 2 is 1.68 bits per heavy atom. The zero-order chi connectivity index (χ0) is 21.8. The molecule has 0 atom stereocenters. The van der Waals surface area contributed by atoms with Crippen LogP contribution in [0.15, 0.2) is 72.8 Å². The number of carbonyl (C=O) groups excluding carboxylic acids is 1. The number of aryl methyl sites for hydroxylation is 1. The molecule has 0 radical (unpaired) electrons. The Balaban J connectivity index is 1.60. The topological polar surface area (TPSA) is 69.0 Å². The fourth-order valence-corrected chi connectivity index (χ4v) is 3.04. The average Bonchev–Trinajstić information content (AvgIpc) is 3.19. The summed E-state index contributed by atoms with van der Waals surface area (Å²) in [5, 5.41) is 7.30. The lowest BCUT2D eigenvalue weighted by Gasteiger charge is -2.09. The highest BCUT2D eigenvalue weighted by atomic mass is 19.1. The summed E-state index contributed by atoms with van der Waals surface area (Å²) in [6, 6.07) is 20.9. The van der Waals surface area contributed by atoms with Crippen LogP contribution in [0.25, 0.3) is 17.1 Å². The number of amides is 1. The second-order valence-electron chi connectivity index (χ2n) is 6.94. The summed E-state index contributed by atoms with van der Waals surface area (Å²) in [5.41, 5.74) is 3.77. The Kier molecular flexibility index (Phi) is 5.75. The van der Waals surface area contributed by atoms with Gasteiger partial charge in [0.2, 0.25) is 0 Å². The summed E-state index contributed by atoms with van der Waals surface area (Å²) in [5.74, 6) is 0.0209. The minimum Gasteiger partial charge on any atom is -0.463 e. The number of nitrogens with one attached hydrogen (secondary N) is 1. The molecule has 4 rings (SSSR count). The summed E-state index contributed by atoms with van der Waals surface area (Å²) in [7, 11) is 0. The Labute approximate surface area is 179 Å². The molecule has 1 amide bonds. The van der Waals surface area contributed by atoms with Crippen LogP contribution in [0, 0.1) is 12.7 Å². The zero-order valence-electron chi connectivity index (χ0n) is 17.2. The Hall–Kier alpha value is -4.00. The van der Waals surface area contributed by atoms with Crippen LogP contribution >= 0.6 is 0 Å². The normalized spacial score (nSPS) is 10.7. The molecule has 0 aliphatic heterocycles. The molecule has 0 bridgehead atoms. The molecular weight excluding hydrogens is 395 g/mol. The quantitative estimate of drug-likeness (QED) is 0.479. The van der Waals surface area contributed by atoms with Gasteiger partial charge in [-0.3, -0.25) is 4.79 Å². The molecule has 1 heterocycles. The van der Waals surface area contributed by atoms with Crippen LogP contribution in [-0.2, 0) is 0 Å². The smallest absolute Gasteiger partial charge is 0.336 e. The van der Waals surface area contributed by atoms with Gasteiger partial charge in [-0.25, -0.2) is 9.07 Å². The number of nitrogens with zero attached hydrogens (tertiary/aromatic N) is 3. The van der Waals surface area contributed by atoms with E-state index in [4.69, 9.17) is 4.74 Å². The Morgan fingerprint density at radius 1 is 1.00 bits per heavy atom. The number of hydrogen-bond acceptors (Lipinski definition) is 4. The molecule has 4 aromatic rings. The van der Waals surface area contributed by atoms with Crippen LogP contribution in [0.3, 0.4) is 0 Å². The standard InChI is InChI=1S/C24H21FN4O2/c1-3-31-24-27-22(17-8-10-19(25)11-9-17)29(28-24)21-14-12-20(13-15-21)26-23(30)18-6-4-16(2)5-7-18/h4-15H,3H2,1-2H3,(H,26,30). The third kappa shape index (κ3) is 4.61. The molecule has 0 saturated carbocycles. The maximum Gasteiger partial charge on any atom is 0.336 e. The SMILES string of the molecule is CCOc1nc(-c2ccc(F)cc2)n(-c2ccc(NC(=O)c3ccc(C)cc3)cc2)n1. The largest absolute Gasteiger partial charge is 0.463 e. The lowest BCUT2D eigenvalue weighted by atomic mass is 10.1. The van der Waals surface area contributed by atoms with Crippen molar-refractivity contribution in [1.29, 1.82) is 0 Å². The van der Waals surface area contributed by atoms with Crippen LogP contribution < -0.4 is 10.1 Å². The minimum absolute atomic E-state index is 0.181. The highest BCUT2D eigenvalue weighted by molar-refractivity contribution is 6.04. The van der Waals surface area contributed by atoms with Crippen molar-refractivity contribution in [2.45, 2.75) is 13.8 Å². The highest BCUT2D eigenvalue weighted by Gasteiger charge is 2.15. The number of ether oxygens (including phenoxy) is 1. The maximum absolute atomic E-state index is 13.3. The van der Waals surface area contributed by atoms with Crippen LogP contribution in [0.2, 0.25) is 0 Å². The van der Waals surface area contributed by atoms with Gasteiger partial charge in [0, 0.05) is 16.8 Å². The average molecular weight is 416 g/mol. The van der Waals surface area contributed by atoms with Gasteiger partial charge in [0.05, 0.1) is 12.3 Å². The van der Waals surface area contributed by atoms with Gasteiger partial charge in [0.15, 0.2) is 5.82 Å². The number of anilines is 1. The summed E-state index contributed by atoms with van der Waals surface area (Å²) < 4.78 is 20.4. The second kappa shape index (κ2) is 8.79. The van der Waals surface area contributed by atoms with Crippen molar-refractivity contribution in [3.05, 3.63) is 89.7 Å². The molecule has 0 fully saturated rings. The van der Waals surface area contributed by atoms with E-state index in [-0.39, 0.29) is 17.7 Å². The van der Waals surface area contributed by atoms with Crippen LogP contribution in [0.4, 0.5) is 10.1 Å². The molecule has 0 saturated heterocycles. The van der Waals surface area contributed by atoms with Crippen molar-refractivity contribution in [3.8, 4) is 23.1 Å². The predicted octanol–water partition coefficient (Wildman–Crippen LogP) is 5.03. The van der Waals surface area contributed by atoms with E-state index < -0.39 is 0 Å². The van der Waals surface area contributed by atoms with E-state index in [9.17, 15) is 9.18 Å². The van der Waals surface area contributed by atoms with E-state index in [0.29, 0.717) is 29.2 Å². The van der Waals surface area contributed by atoms with Gasteiger partial charge in [-0.1, -0.05) is 17.7 Å². The molecule has 0 aliphatic carbocycles. The molecule has 6 nitrogen and oxygen atoms in total. The van der Waals surface area contributed by atoms with Crippen LogP contribution in [0.1, 0.15) is 22.8 Å². The fraction of sp³-hybridized carbons (Fsp3) is 0.125. The highest BCUT2D eigenvalue weighted by Crippen LogP contribution is 2.25. The van der Waals surface area contributed by atoms with Crippen molar-refractivity contribution in [3.63, 3.8) is 0 Å². The van der Waals surface area contributed by atoms with Gasteiger partial charge in [-0.2, -0.15) is 4.98 Å². The number of benzene rings is 3. The third-order valence-corrected chi connectivity index (χ3v) is 4.65. The summed E-state index contributed by atoms with van der Waals surface area (Å²) in [6.07, 6.45) is 0. The van der Waals surface area contributed by atoms with Crippen LogP contribution in [0.5, 0.6) is 6.01 Å². The maximum atomic E-state index is 13.3. The van der Waals surface area contributed by atoms with Crippen molar-refractivity contribution >= 4 is 11.6 Å². The van der Waals surface area contributed by atoms with Crippen LogP contribution in [-0.4, -0.2) is 27.3 Å². The van der Waals surface area contributed by atoms with Crippen molar-refractivity contribution in [2.75, 3.05) is 11.9 Å². The molecule has 0 aliphatic rings. The van der Waals surface area contributed by atoms with E-state index in [1.54, 1.807) is 41.1 Å². The number of rotatable bonds is 6. The van der Waals surface area contributed by atoms with Crippen molar-refractivity contribution in [2.24, 2.45) is 0 Å². The van der Waals surface area contributed by atoms with Gasteiger partial charge in [-0.05, 0) is 74.5 Å². The number of halogens is 1. The Bertz CT molecular complexity index is 1180. The number of hydrogen-bond donors (Lipinski definition) is 1. The first kappa shape index (κ1) is 20.3. The van der Waals surface area contributed by atoms with E-state index in [0.717, 1.165) is 11.3 Å². The Morgan fingerprint density at radius 3 is 2.32 bits per heavy atom. The first-order valence-electron chi connectivity index (χ1n) is 9.88. The lowest BCUT2D eigenvalue weighted by Crippen LogP contribution is -2.11. The predicted molar refractivity (Wildman–Crippen MR) is 117 cm³/mol. The molecular formula is C24H21FN4O2. The van der Waals surface area contributed by atoms with E-state index >= 15 is 0 Å². The van der Waals surface area contributed by atoms with Gasteiger partial charge in [0.1, 0.15) is 5.82 Å². The van der Waals surface area contributed by atoms with Gasteiger partial charge in [0.25, 0.3) is 5.91 Å². The molecule has 3 aromatic carbocycles. The molecule has 0 spiro atoms. The van der Waals surface area contributed by atoms with Gasteiger partial charge >= 0.3 is 6.01 Å². The monoisotopic (exact) mass is 416 g/mol. The first-order chi connectivity index (χ1) is 15.0. The van der Waals surface area contributed by atoms with E-state index in [1.165, 1.54) is 12.1 Å². The van der Waals surface area contributed by atoms with Gasteiger partial charge in [-0.15, -0.1) is 5.10 Å². The van der Waals surface area contributed by atoms with E-state index in [2.05, 4.69) is 15.4 Å². The zero-order valence-corrected chi connectivity index (χ0v) is 17.2. The van der Waals surface area contributed by atoms with Crippen molar-refractivity contribution in [1.82, 2.24) is 14.8 Å². The third-order valence-electron chi connectivity index (χ3n) is 4.65. The molecule has 1 N–H and O–H groups in total. The fourth-order valence-electron chi connectivity index (χ4n) is 3.04. The molecule has 1 aromatic heterocycles. The summed E-state index contributed by atoms with van der Waals surface area (Å²) in [6.45, 7) is 4.25. The molecule has 156 valence electrons. The number of aromatic nitrogens is 3. The van der Waals surface area contributed by atoms with E-state index in [1.807, 2.05) is 38.1 Å².